The summed E-state index contributed by atoms with van der Waals surface area (Å²) in [4.78, 5) is 6.79. The Morgan fingerprint density at radius 1 is 1.35 bits per heavy atom. The van der Waals surface area contributed by atoms with Crippen LogP contribution in [0.15, 0.2) is 28.9 Å². The largest absolute Gasteiger partial charge is 0.396 e. The van der Waals surface area contributed by atoms with E-state index in [0.717, 1.165) is 39.8 Å². The molecule has 0 fully saturated rings. The number of rotatable bonds is 5. The predicted molar refractivity (Wildman–Crippen MR) is 91.2 cm³/mol. The summed E-state index contributed by atoms with van der Waals surface area (Å²) in [5.41, 5.74) is 9.06. The van der Waals surface area contributed by atoms with Crippen LogP contribution in [0.4, 0.5) is 11.4 Å². The maximum Gasteiger partial charge on any atom is 0.0745 e. The van der Waals surface area contributed by atoms with Crippen LogP contribution >= 0.6 is 15.9 Å². The van der Waals surface area contributed by atoms with Crippen LogP contribution in [-0.2, 0) is 0 Å². The third-order valence-electron chi connectivity index (χ3n) is 3.76. The Morgan fingerprint density at radius 3 is 2.75 bits per heavy atom. The van der Waals surface area contributed by atoms with Gasteiger partial charge in [-0.15, -0.1) is 0 Å². The van der Waals surface area contributed by atoms with Crippen molar-refractivity contribution in [3.63, 3.8) is 0 Å². The number of benzene rings is 1. The number of fused-ring (bicyclic) bond motifs is 1. The zero-order valence-corrected chi connectivity index (χ0v) is 13.9. The van der Waals surface area contributed by atoms with Crippen molar-refractivity contribution in [1.82, 2.24) is 4.98 Å². The standard InChI is InChI=1S/C16H22BrN3/c1-4-11(3)10-20(5-2)16-13-8-12(17)6-7-15(13)19-9-14(16)18/h6-9,11H,4-5,10,18H2,1-3H3. The van der Waals surface area contributed by atoms with E-state index in [0.29, 0.717) is 5.92 Å². The summed E-state index contributed by atoms with van der Waals surface area (Å²) in [5, 5.41) is 1.12. The first-order valence-corrected chi connectivity index (χ1v) is 7.94. The molecule has 1 atom stereocenters. The third kappa shape index (κ3) is 3.06. The van der Waals surface area contributed by atoms with E-state index in [1.165, 1.54) is 6.42 Å². The molecule has 0 amide bonds. The maximum absolute atomic E-state index is 6.21. The van der Waals surface area contributed by atoms with E-state index in [-0.39, 0.29) is 0 Å². The van der Waals surface area contributed by atoms with Gasteiger partial charge in [-0.2, -0.15) is 0 Å². The van der Waals surface area contributed by atoms with Crippen LogP contribution in [-0.4, -0.2) is 18.1 Å². The van der Waals surface area contributed by atoms with Crippen LogP contribution in [0, 0.1) is 5.92 Å². The van der Waals surface area contributed by atoms with Crippen molar-refractivity contribution in [1.29, 1.82) is 0 Å². The highest BCUT2D eigenvalue weighted by Gasteiger charge is 2.15. The van der Waals surface area contributed by atoms with Crippen molar-refractivity contribution >= 4 is 38.2 Å². The van der Waals surface area contributed by atoms with Crippen molar-refractivity contribution in [2.45, 2.75) is 27.2 Å². The quantitative estimate of drug-likeness (QED) is 0.877. The molecule has 2 N–H and O–H groups in total. The Morgan fingerprint density at radius 2 is 2.10 bits per heavy atom. The van der Waals surface area contributed by atoms with E-state index in [4.69, 9.17) is 5.73 Å². The third-order valence-corrected chi connectivity index (χ3v) is 4.25. The van der Waals surface area contributed by atoms with E-state index in [9.17, 15) is 0 Å². The van der Waals surface area contributed by atoms with Crippen molar-refractivity contribution in [3.8, 4) is 0 Å². The Labute approximate surface area is 129 Å². The molecule has 2 rings (SSSR count). The van der Waals surface area contributed by atoms with Crippen molar-refractivity contribution in [2.75, 3.05) is 23.7 Å². The SMILES string of the molecule is CCC(C)CN(CC)c1c(N)cnc2ccc(Br)cc12. The number of hydrogen-bond acceptors (Lipinski definition) is 3. The second-order valence-corrected chi connectivity index (χ2v) is 6.19. The van der Waals surface area contributed by atoms with Crippen LogP contribution in [0.25, 0.3) is 10.9 Å². The van der Waals surface area contributed by atoms with Crippen LogP contribution in [0.5, 0.6) is 0 Å². The van der Waals surface area contributed by atoms with Crippen LogP contribution in [0.1, 0.15) is 27.2 Å². The van der Waals surface area contributed by atoms with Gasteiger partial charge in [0.1, 0.15) is 0 Å². The normalized spacial score (nSPS) is 12.6. The molecule has 2 aromatic rings. The fourth-order valence-corrected chi connectivity index (χ4v) is 2.76. The summed E-state index contributed by atoms with van der Waals surface area (Å²) >= 11 is 3.54. The van der Waals surface area contributed by atoms with Gasteiger partial charge in [0.05, 0.1) is 23.1 Å². The summed E-state index contributed by atoms with van der Waals surface area (Å²) < 4.78 is 1.05. The van der Waals surface area contributed by atoms with E-state index in [2.05, 4.69) is 52.7 Å². The van der Waals surface area contributed by atoms with Gasteiger partial charge in [0, 0.05) is 22.9 Å². The van der Waals surface area contributed by atoms with E-state index in [1.807, 2.05) is 12.1 Å². The summed E-state index contributed by atoms with van der Waals surface area (Å²) in [6.07, 6.45) is 2.94. The molecule has 1 unspecified atom stereocenters. The molecule has 20 heavy (non-hydrogen) atoms. The van der Waals surface area contributed by atoms with Crippen molar-refractivity contribution < 1.29 is 0 Å². The minimum absolute atomic E-state index is 0.643. The predicted octanol–water partition coefficient (Wildman–Crippen LogP) is 4.45. The molecule has 0 aliphatic heterocycles. The van der Waals surface area contributed by atoms with Crippen molar-refractivity contribution in [2.24, 2.45) is 5.92 Å². The second-order valence-electron chi connectivity index (χ2n) is 5.28. The Kier molecular flexibility index (Phi) is 4.86. The molecular formula is C16H22BrN3. The molecule has 0 saturated heterocycles. The summed E-state index contributed by atoms with van der Waals surface area (Å²) in [7, 11) is 0. The Balaban J connectivity index is 2.55. The van der Waals surface area contributed by atoms with Crippen LogP contribution in [0.3, 0.4) is 0 Å². The Hall–Kier alpha value is -1.29. The molecule has 0 aliphatic rings. The zero-order valence-electron chi connectivity index (χ0n) is 12.4. The number of anilines is 2. The van der Waals surface area contributed by atoms with Gasteiger partial charge in [0.15, 0.2) is 0 Å². The molecule has 0 spiro atoms. The molecular weight excluding hydrogens is 314 g/mol. The minimum Gasteiger partial charge on any atom is -0.396 e. The number of hydrogen-bond donors (Lipinski definition) is 1. The molecule has 3 nitrogen and oxygen atoms in total. The summed E-state index contributed by atoms with van der Waals surface area (Å²) in [6.45, 7) is 8.64. The molecule has 4 heteroatoms. The Bertz CT molecular complexity index is 592. The highest BCUT2D eigenvalue weighted by molar-refractivity contribution is 9.10. The minimum atomic E-state index is 0.643. The van der Waals surface area contributed by atoms with Gasteiger partial charge in [-0.05, 0) is 31.0 Å². The molecule has 1 aromatic heterocycles. The number of halogens is 1. The van der Waals surface area contributed by atoms with E-state index in [1.54, 1.807) is 6.20 Å². The molecule has 108 valence electrons. The van der Waals surface area contributed by atoms with Gasteiger partial charge >= 0.3 is 0 Å². The number of nitrogens with two attached hydrogens (primary N) is 1. The summed E-state index contributed by atoms with van der Waals surface area (Å²) in [5.74, 6) is 0.643. The molecule has 1 aromatic carbocycles. The lowest BCUT2D eigenvalue weighted by Crippen LogP contribution is -2.29. The first-order chi connectivity index (χ1) is 9.56. The fourth-order valence-electron chi connectivity index (χ4n) is 2.40. The number of pyridine rings is 1. The molecule has 0 bridgehead atoms. The smallest absolute Gasteiger partial charge is 0.0745 e. The second kappa shape index (κ2) is 6.44. The van der Waals surface area contributed by atoms with Gasteiger partial charge in [-0.25, -0.2) is 0 Å². The number of nitrogens with zero attached hydrogens (tertiary/aromatic N) is 2. The highest BCUT2D eigenvalue weighted by Crippen LogP contribution is 2.33. The first kappa shape index (κ1) is 15.1. The molecule has 0 radical (unpaired) electrons. The average Bonchev–Trinajstić information content (AvgIpc) is 2.45. The molecule has 1 heterocycles. The van der Waals surface area contributed by atoms with E-state index >= 15 is 0 Å². The van der Waals surface area contributed by atoms with Gasteiger partial charge < -0.3 is 10.6 Å². The lowest BCUT2D eigenvalue weighted by atomic mass is 10.1. The van der Waals surface area contributed by atoms with Gasteiger partial charge in [-0.1, -0.05) is 36.2 Å². The number of nitrogen functional groups attached to an aromatic ring is 1. The van der Waals surface area contributed by atoms with Crippen molar-refractivity contribution in [3.05, 3.63) is 28.9 Å². The maximum atomic E-state index is 6.21. The zero-order chi connectivity index (χ0) is 14.7. The van der Waals surface area contributed by atoms with Crippen LogP contribution < -0.4 is 10.6 Å². The average molecular weight is 336 g/mol. The molecule has 0 saturated carbocycles. The highest BCUT2D eigenvalue weighted by atomic mass is 79.9. The number of aromatic nitrogens is 1. The topological polar surface area (TPSA) is 42.1 Å². The lowest BCUT2D eigenvalue weighted by Gasteiger charge is -2.28. The van der Waals surface area contributed by atoms with Gasteiger partial charge in [0.25, 0.3) is 0 Å². The summed E-state index contributed by atoms with van der Waals surface area (Å²) in [6, 6.07) is 6.15. The van der Waals surface area contributed by atoms with E-state index < -0.39 is 0 Å². The lowest BCUT2D eigenvalue weighted by molar-refractivity contribution is 0.549. The van der Waals surface area contributed by atoms with Gasteiger partial charge in [-0.3, -0.25) is 4.98 Å². The molecule has 0 aliphatic carbocycles. The van der Waals surface area contributed by atoms with Crippen LogP contribution in [0.2, 0.25) is 0 Å². The first-order valence-electron chi connectivity index (χ1n) is 7.15. The van der Waals surface area contributed by atoms with Gasteiger partial charge in [0.2, 0.25) is 0 Å². The monoisotopic (exact) mass is 335 g/mol. The fraction of sp³-hybridized carbons (Fsp3) is 0.438.